The molecule has 1 atom stereocenters. The average Bonchev–Trinajstić information content (AvgIpc) is 2.86. The Kier molecular flexibility index (Phi) is 8.13. The number of hydrogen-bond donors (Lipinski definition) is 2. The van der Waals surface area contributed by atoms with Gasteiger partial charge in [0, 0.05) is 49.2 Å². The highest BCUT2D eigenvalue weighted by atomic mass is 19.3. The van der Waals surface area contributed by atoms with E-state index in [1.165, 1.54) is 19.2 Å². The topological polar surface area (TPSA) is 100 Å². The van der Waals surface area contributed by atoms with Crippen LogP contribution in [-0.4, -0.2) is 76.4 Å². The Hall–Kier alpha value is -3.64. The second-order valence-corrected chi connectivity index (χ2v) is 10.6. The number of benzene rings is 2. The number of rotatable bonds is 7. The van der Waals surface area contributed by atoms with Gasteiger partial charge in [-0.2, -0.15) is 8.78 Å². The minimum absolute atomic E-state index is 0.0460. The zero-order chi connectivity index (χ0) is 29.4. The van der Waals surface area contributed by atoms with Crippen LogP contribution in [0.25, 0.3) is 10.9 Å². The van der Waals surface area contributed by atoms with Gasteiger partial charge in [0.15, 0.2) is 11.5 Å². The first kappa shape index (κ1) is 29.3. The third-order valence-electron chi connectivity index (χ3n) is 6.99. The summed E-state index contributed by atoms with van der Waals surface area (Å²) in [7, 11) is 3.44. The van der Waals surface area contributed by atoms with E-state index in [4.69, 9.17) is 9.47 Å². The van der Waals surface area contributed by atoms with Gasteiger partial charge in [-0.15, -0.1) is 0 Å². The van der Waals surface area contributed by atoms with Crippen molar-refractivity contribution in [2.24, 2.45) is 0 Å². The number of nitrogens with zero attached hydrogens (tertiary/aromatic N) is 4. The molecule has 2 aromatic carbocycles. The molecular weight excluding hydrogens is 527 g/mol. The molecule has 0 spiro atoms. The summed E-state index contributed by atoms with van der Waals surface area (Å²) in [6, 6.07) is 6.75. The Morgan fingerprint density at radius 1 is 1.20 bits per heavy atom. The van der Waals surface area contributed by atoms with E-state index in [-0.39, 0.29) is 29.7 Å². The van der Waals surface area contributed by atoms with Crippen molar-refractivity contribution in [2.45, 2.75) is 51.8 Å². The molecule has 9 nitrogen and oxygen atoms in total. The number of carbonyl (C=O) groups excluding carboxylic acids is 1. The number of fused-ring (bicyclic) bond motifs is 1. The van der Waals surface area contributed by atoms with E-state index < -0.39 is 29.0 Å². The van der Waals surface area contributed by atoms with E-state index in [0.717, 1.165) is 26.5 Å². The van der Waals surface area contributed by atoms with Crippen molar-refractivity contribution in [1.29, 1.82) is 0 Å². The molecule has 3 aromatic rings. The van der Waals surface area contributed by atoms with Crippen molar-refractivity contribution in [2.75, 3.05) is 39.1 Å². The summed E-state index contributed by atoms with van der Waals surface area (Å²) < 4.78 is 55.9. The van der Waals surface area contributed by atoms with Crippen LogP contribution >= 0.6 is 0 Å². The van der Waals surface area contributed by atoms with Crippen LogP contribution in [0.5, 0.6) is 11.5 Å². The number of aliphatic hydroxyl groups is 1. The van der Waals surface area contributed by atoms with Gasteiger partial charge >= 0.3 is 12.0 Å². The first-order chi connectivity index (χ1) is 18.7. The number of halogens is 3. The van der Waals surface area contributed by atoms with Crippen LogP contribution in [0.1, 0.15) is 37.7 Å². The maximum atomic E-state index is 15.2. The number of piperazine rings is 1. The molecule has 40 heavy (non-hydrogen) atoms. The lowest BCUT2D eigenvalue weighted by atomic mass is 9.92. The molecule has 2 N–H and O–H groups in total. The van der Waals surface area contributed by atoms with Crippen LogP contribution in [0, 0.1) is 12.7 Å². The lowest BCUT2D eigenvalue weighted by Crippen LogP contribution is -2.53. The minimum atomic E-state index is -3.82. The molecule has 216 valence electrons. The summed E-state index contributed by atoms with van der Waals surface area (Å²) in [5, 5.41) is 13.4. The van der Waals surface area contributed by atoms with Crippen LogP contribution in [0.15, 0.2) is 30.3 Å². The highest BCUT2D eigenvalue weighted by Crippen LogP contribution is 2.41. The highest BCUT2D eigenvalue weighted by Gasteiger charge is 2.49. The molecule has 0 radical (unpaired) electrons. The number of likely N-dealkylation sites (N-methyl/N-ethyl adjacent to an activating group) is 1. The molecule has 1 saturated heterocycles. The molecule has 1 aliphatic heterocycles. The number of methoxy groups -OCH3 is 1. The maximum Gasteiger partial charge on any atom is 0.415 e. The molecule has 4 rings (SSSR count). The Balaban J connectivity index is 1.65. The van der Waals surface area contributed by atoms with E-state index in [9.17, 15) is 18.7 Å². The summed E-state index contributed by atoms with van der Waals surface area (Å²) in [6.45, 7) is 7.22. The van der Waals surface area contributed by atoms with E-state index in [1.54, 1.807) is 24.0 Å². The Bertz CT molecular complexity index is 1410. The van der Waals surface area contributed by atoms with Gasteiger partial charge in [-0.3, -0.25) is 0 Å². The molecule has 2 heterocycles. The van der Waals surface area contributed by atoms with Crippen LogP contribution in [-0.2, 0) is 12.5 Å². The standard InChI is InChI=1S/C28H34F3N5O4/c1-16-15-35(5)10-11-36(16)26(37)40-23-12-19-21(13-22(23)39-6)33-17(2)34-25(19)32-14-18-8-7-9-20(24(18)29)28(30,31)27(3,4)38/h7-9,12-13,16,38H,10-11,14-15H2,1-6H3,(H,32,33,34). The monoisotopic (exact) mass is 561 g/mol. The summed E-state index contributed by atoms with van der Waals surface area (Å²) in [5.74, 6) is -3.82. The van der Waals surface area contributed by atoms with Gasteiger partial charge in [0.2, 0.25) is 0 Å². The van der Waals surface area contributed by atoms with Crippen LogP contribution in [0.3, 0.4) is 0 Å². The molecule has 1 fully saturated rings. The molecule has 1 aliphatic rings. The fraction of sp³-hybridized carbons (Fsp3) is 0.464. The summed E-state index contributed by atoms with van der Waals surface area (Å²) in [5.41, 5.74) is -2.94. The van der Waals surface area contributed by atoms with Crippen molar-refractivity contribution in [3.8, 4) is 11.5 Å². The number of amides is 1. The number of aryl methyl sites for hydroxylation is 1. The van der Waals surface area contributed by atoms with Gasteiger partial charge in [-0.1, -0.05) is 12.1 Å². The van der Waals surface area contributed by atoms with E-state index in [0.29, 0.717) is 35.6 Å². The summed E-state index contributed by atoms with van der Waals surface area (Å²) in [6.07, 6.45) is -0.521. The summed E-state index contributed by atoms with van der Waals surface area (Å²) >= 11 is 0. The van der Waals surface area contributed by atoms with Crippen molar-refractivity contribution >= 4 is 22.8 Å². The SMILES string of the molecule is COc1cc2nc(C)nc(NCc3cccc(C(F)(F)C(C)(C)O)c3F)c2cc1OC(=O)N1CCN(C)CC1C. The quantitative estimate of drug-likeness (QED) is 0.429. The number of alkyl halides is 2. The molecule has 0 saturated carbocycles. The number of anilines is 1. The van der Waals surface area contributed by atoms with Crippen molar-refractivity contribution in [1.82, 2.24) is 19.8 Å². The van der Waals surface area contributed by atoms with Gasteiger partial charge < -0.3 is 29.7 Å². The third kappa shape index (κ3) is 5.78. The smallest absolute Gasteiger partial charge is 0.415 e. The van der Waals surface area contributed by atoms with Gasteiger partial charge in [0.1, 0.15) is 23.1 Å². The average molecular weight is 562 g/mol. The Morgan fingerprint density at radius 3 is 2.58 bits per heavy atom. The fourth-order valence-electron chi connectivity index (χ4n) is 4.66. The van der Waals surface area contributed by atoms with E-state index >= 15 is 4.39 Å². The Labute approximate surface area is 230 Å². The largest absolute Gasteiger partial charge is 0.493 e. The van der Waals surface area contributed by atoms with E-state index in [1.807, 2.05) is 14.0 Å². The maximum absolute atomic E-state index is 15.2. The van der Waals surface area contributed by atoms with E-state index in [2.05, 4.69) is 20.2 Å². The van der Waals surface area contributed by atoms with Crippen LogP contribution in [0.4, 0.5) is 23.8 Å². The first-order valence-electron chi connectivity index (χ1n) is 12.9. The number of nitrogens with one attached hydrogen (secondary N) is 1. The first-order valence-corrected chi connectivity index (χ1v) is 12.9. The molecule has 1 unspecified atom stereocenters. The number of ether oxygens (including phenoxy) is 2. The van der Waals surface area contributed by atoms with Gasteiger partial charge in [-0.05, 0) is 46.9 Å². The van der Waals surface area contributed by atoms with Gasteiger partial charge in [-0.25, -0.2) is 19.2 Å². The van der Waals surface area contributed by atoms with Crippen molar-refractivity contribution < 1.29 is 32.5 Å². The van der Waals surface area contributed by atoms with Crippen LogP contribution in [0.2, 0.25) is 0 Å². The molecule has 0 aliphatic carbocycles. The predicted molar refractivity (Wildman–Crippen MR) is 144 cm³/mol. The fourth-order valence-corrected chi connectivity index (χ4v) is 4.66. The zero-order valence-corrected chi connectivity index (χ0v) is 23.4. The zero-order valence-electron chi connectivity index (χ0n) is 23.4. The molecular formula is C28H34F3N5O4. The van der Waals surface area contributed by atoms with Crippen LogP contribution < -0.4 is 14.8 Å². The minimum Gasteiger partial charge on any atom is -0.493 e. The second kappa shape index (κ2) is 11.1. The van der Waals surface area contributed by atoms with Gasteiger partial charge in [0.05, 0.1) is 18.2 Å². The van der Waals surface area contributed by atoms with Crippen molar-refractivity contribution in [3.05, 3.63) is 53.1 Å². The second-order valence-electron chi connectivity index (χ2n) is 10.6. The molecule has 1 amide bonds. The normalized spacial score (nSPS) is 16.8. The lowest BCUT2D eigenvalue weighted by Gasteiger charge is -2.37. The van der Waals surface area contributed by atoms with Gasteiger partial charge in [0.25, 0.3) is 0 Å². The lowest BCUT2D eigenvalue weighted by molar-refractivity contribution is -0.170. The summed E-state index contributed by atoms with van der Waals surface area (Å²) in [4.78, 5) is 25.6. The third-order valence-corrected chi connectivity index (χ3v) is 6.99. The number of hydrogen-bond acceptors (Lipinski definition) is 8. The molecule has 12 heteroatoms. The molecule has 1 aromatic heterocycles. The molecule has 0 bridgehead atoms. The predicted octanol–water partition coefficient (Wildman–Crippen LogP) is 4.70. The number of carbonyl (C=O) groups is 1. The van der Waals surface area contributed by atoms with Crippen molar-refractivity contribution in [3.63, 3.8) is 0 Å². The highest BCUT2D eigenvalue weighted by molar-refractivity contribution is 5.92. The Morgan fingerprint density at radius 2 is 1.93 bits per heavy atom. The number of aromatic nitrogens is 2.